The Morgan fingerprint density at radius 3 is 1.89 bits per heavy atom. The molecule has 1 aromatic heterocycles. The Morgan fingerprint density at radius 2 is 1.47 bits per heavy atom. The van der Waals surface area contributed by atoms with Gasteiger partial charge in [-0.3, -0.25) is 4.79 Å². The standard InChI is InChI=1S/C29H45N3O3S/c1-19-25(36(30,34)35)17-24(32(19)18-20-13-11-10-12-14-20)21-15-22(28(2,3)4)26(27(33)31(8)9)23(16-21)29(5,6)7/h15-17,20H,10-14,18H2,1-9H3,(H2,30,34,35). The maximum atomic E-state index is 13.5. The molecule has 7 heteroatoms. The van der Waals surface area contributed by atoms with E-state index in [4.69, 9.17) is 5.14 Å². The minimum Gasteiger partial charge on any atom is -0.345 e. The molecule has 1 fully saturated rings. The van der Waals surface area contributed by atoms with Crippen molar-refractivity contribution in [1.29, 1.82) is 0 Å². The highest BCUT2D eigenvalue weighted by atomic mass is 32.2. The fraction of sp³-hybridized carbons (Fsp3) is 0.621. The lowest BCUT2D eigenvalue weighted by molar-refractivity contribution is 0.0822. The number of rotatable bonds is 5. The monoisotopic (exact) mass is 515 g/mol. The number of benzene rings is 1. The maximum Gasteiger partial charge on any atom is 0.253 e. The van der Waals surface area contributed by atoms with Crippen LogP contribution in [-0.2, 0) is 27.4 Å². The number of carbonyl (C=O) groups is 1. The van der Waals surface area contributed by atoms with Gasteiger partial charge in [-0.05, 0) is 71.4 Å². The number of sulfonamides is 1. The molecular formula is C29H45N3O3S. The summed E-state index contributed by atoms with van der Waals surface area (Å²) in [5.41, 5.74) is 4.52. The average Bonchev–Trinajstić information content (AvgIpc) is 3.08. The van der Waals surface area contributed by atoms with Gasteiger partial charge in [0, 0.05) is 37.6 Å². The minimum absolute atomic E-state index is 0.0182. The molecule has 0 aliphatic heterocycles. The molecule has 0 atom stereocenters. The molecule has 0 bridgehead atoms. The second-order valence-electron chi connectivity index (χ2n) is 12.8. The Hall–Kier alpha value is -2.12. The molecule has 2 aromatic rings. The first-order valence-corrected chi connectivity index (χ1v) is 14.6. The average molecular weight is 516 g/mol. The second kappa shape index (κ2) is 9.97. The van der Waals surface area contributed by atoms with Crippen LogP contribution in [-0.4, -0.2) is 37.9 Å². The Bertz CT molecular complexity index is 1200. The normalized spacial score (nSPS) is 15.8. The maximum absolute atomic E-state index is 13.5. The molecular weight excluding hydrogens is 470 g/mol. The van der Waals surface area contributed by atoms with Crippen molar-refractivity contribution in [2.24, 2.45) is 11.1 Å². The molecule has 1 saturated carbocycles. The Labute approximate surface area is 218 Å². The summed E-state index contributed by atoms with van der Waals surface area (Å²) in [5, 5.41) is 5.66. The highest BCUT2D eigenvalue weighted by Gasteiger charge is 2.32. The topological polar surface area (TPSA) is 85.4 Å². The Morgan fingerprint density at radius 1 is 0.972 bits per heavy atom. The third-order valence-corrected chi connectivity index (χ3v) is 8.49. The largest absolute Gasteiger partial charge is 0.345 e. The number of hydrogen-bond acceptors (Lipinski definition) is 3. The quantitative estimate of drug-likeness (QED) is 0.531. The van der Waals surface area contributed by atoms with E-state index in [0.29, 0.717) is 11.6 Å². The molecule has 1 heterocycles. The molecule has 6 nitrogen and oxygen atoms in total. The van der Waals surface area contributed by atoms with Crippen LogP contribution in [0.3, 0.4) is 0 Å². The van der Waals surface area contributed by atoms with Crippen LogP contribution >= 0.6 is 0 Å². The summed E-state index contributed by atoms with van der Waals surface area (Å²) >= 11 is 0. The fourth-order valence-electron chi connectivity index (χ4n) is 5.44. The Kier molecular flexibility index (Phi) is 7.88. The molecule has 36 heavy (non-hydrogen) atoms. The van der Waals surface area contributed by atoms with E-state index in [0.717, 1.165) is 47.3 Å². The lowest BCUT2D eigenvalue weighted by atomic mass is 9.74. The number of aromatic nitrogens is 1. The van der Waals surface area contributed by atoms with Crippen LogP contribution in [0.5, 0.6) is 0 Å². The molecule has 200 valence electrons. The van der Waals surface area contributed by atoms with Crippen molar-refractivity contribution in [2.45, 2.75) is 103 Å². The summed E-state index contributed by atoms with van der Waals surface area (Å²) in [6.45, 7) is 15.3. The molecule has 0 saturated heterocycles. The molecule has 1 aliphatic carbocycles. The van der Waals surface area contributed by atoms with Crippen LogP contribution in [0.4, 0.5) is 0 Å². The van der Waals surface area contributed by atoms with Crippen LogP contribution < -0.4 is 5.14 Å². The second-order valence-corrected chi connectivity index (χ2v) is 14.3. The van der Waals surface area contributed by atoms with Crippen LogP contribution in [0, 0.1) is 12.8 Å². The smallest absolute Gasteiger partial charge is 0.253 e. The summed E-state index contributed by atoms with van der Waals surface area (Å²) in [7, 11) is -0.308. The summed E-state index contributed by atoms with van der Waals surface area (Å²) in [6.07, 6.45) is 6.00. The zero-order chi connectivity index (χ0) is 27.2. The van der Waals surface area contributed by atoms with Crippen molar-refractivity contribution in [3.05, 3.63) is 40.6 Å². The highest BCUT2D eigenvalue weighted by molar-refractivity contribution is 7.89. The van der Waals surface area contributed by atoms with Gasteiger partial charge in [-0.1, -0.05) is 60.8 Å². The zero-order valence-electron chi connectivity index (χ0n) is 23.7. The third-order valence-electron chi connectivity index (χ3n) is 7.46. The summed E-state index contributed by atoms with van der Waals surface area (Å²) in [4.78, 5) is 15.3. The van der Waals surface area contributed by atoms with E-state index in [1.165, 1.54) is 19.3 Å². The molecule has 0 radical (unpaired) electrons. The van der Waals surface area contributed by atoms with E-state index in [1.807, 2.05) is 6.92 Å². The van der Waals surface area contributed by atoms with E-state index >= 15 is 0 Å². The van der Waals surface area contributed by atoms with Crippen LogP contribution in [0.2, 0.25) is 0 Å². The van der Waals surface area contributed by atoms with Gasteiger partial charge in [0.1, 0.15) is 4.90 Å². The molecule has 2 N–H and O–H groups in total. The van der Waals surface area contributed by atoms with E-state index in [2.05, 4.69) is 58.2 Å². The van der Waals surface area contributed by atoms with Gasteiger partial charge < -0.3 is 9.47 Å². The number of amides is 1. The van der Waals surface area contributed by atoms with Crippen molar-refractivity contribution in [3.8, 4) is 11.3 Å². The molecule has 3 rings (SSSR count). The number of hydrogen-bond donors (Lipinski definition) is 1. The molecule has 1 amide bonds. The van der Waals surface area contributed by atoms with Crippen LogP contribution in [0.25, 0.3) is 11.3 Å². The van der Waals surface area contributed by atoms with Crippen LogP contribution in [0.1, 0.15) is 101 Å². The lowest BCUT2D eigenvalue weighted by Gasteiger charge is -2.32. The van der Waals surface area contributed by atoms with E-state index in [1.54, 1.807) is 25.1 Å². The number of nitrogens with two attached hydrogens (primary N) is 1. The highest BCUT2D eigenvalue weighted by Crippen LogP contribution is 2.40. The van der Waals surface area contributed by atoms with E-state index in [-0.39, 0.29) is 21.6 Å². The Balaban J connectivity index is 2.37. The SMILES string of the molecule is Cc1c(S(N)(=O)=O)cc(-c2cc(C(C)(C)C)c(C(=O)N(C)C)c(C(C)(C)C)c2)n1CC1CCCCC1. The number of carbonyl (C=O) groups excluding carboxylic acids is 1. The molecule has 1 aromatic carbocycles. The van der Waals surface area contributed by atoms with Gasteiger partial charge in [0.05, 0.1) is 0 Å². The number of primary sulfonamides is 1. The van der Waals surface area contributed by atoms with Gasteiger partial charge in [-0.2, -0.15) is 0 Å². The van der Waals surface area contributed by atoms with Gasteiger partial charge in [0.15, 0.2) is 0 Å². The summed E-state index contributed by atoms with van der Waals surface area (Å²) < 4.78 is 27.2. The van der Waals surface area contributed by atoms with Crippen molar-refractivity contribution in [2.75, 3.05) is 14.1 Å². The fourth-order valence-corrected chi connectivity index (χ4v) is 6.24. The first-order valence-electron chi connectivity index (χ1n) is 13.1. The van der Waals surface area contributed by atoms with Crippen molar-refractivity contribution in [1.82, 2.24) is 9.47 Å². The van der Waals surface area contributed by atoms with Gasteiger partial charge in [0.25, 0.3) is 5.91 Å². The van der Waals surface area contributed by atoms with Gasteiger partial charge in [0.2, 0.25) is 10.0 Å². The molecule has 1 aliphatic rings. The lowest BCUT2D eigenvalue weighted by Crippen LogP contribution is -2.30. The van der Waals surface area contributed by atoms with E-state index < -0.39 is 10.0 Å². The van der Waals surface area contributed by atoms with Crippen molar-refractivity contribution < 1.29 is 13.2 Å². The summed E-state index contributed by atoms with van der Waals surface area (Å²) in [5.74, 6) is 0.492. The summed E-state index contributed by atoms with van der Waals surface area (Å²) in [6, 6.07) is 5.91. The first kappa shape index (κ1) is 28.5. The van der Waals surface area contributed by atoms with Gasteiger partial charge in [-0.25, -0.2) is 13.6 Å². The van der Waals surface area contributed by atoms with Crippen LogP contribution in [0.15, 0.2) is 23.1 Å². The zero-order valence-corrected chi connectivity index (χ0v) is 24.5. The van der Waals surface area contributed by atoms with Crippen molar-refractivity contribution in [3.63, 3.8) is 0 Å². The third kappa shape index (κ3) is 5.88. The molecule has 0 unspecified atom stereocenters. The van der Waals surface area contributed by atoms with E-state index in [9.17, 15) is 13.2 Å². The molecule has 0 spiro atoms. The van der Waals surface area contributed by atoms with Gasteiger partial charge >= 0.3 is 0 Å². The van der Waals surface area contributed by atoms with Crippen molar-refractivity contribution >= 4 is 15.9 Å². The van der Waals surface area contributed by atoms with Gasteiger partial charge in [-0.15, -0.1) is 0 Å². The number of nitrogens with zero attached hydrogens (tertiary/aromatic N) is 2. The minimum atomic E-state index is -3.88. The first-order chi connectivity index (χ1) is 16.4. The predicted molar refractivity (Wildman–Crippen MR) is 148 cm³/mol. The predicted octanol–water partition coefficient (Wildman–Crippen LogP) is 5.99.